The zero-order valence-electron chi connectivity index (χ0n) is 18.8. The van der Waals surface area contributed by atoms with Crippen molar-refractivity contribution in [3.63, 3.8) is 0 Å². The van der Waals surface area contributed by atoms with Crippen LogP contribution in [0.2, 0.25) is 0 Å². The van der Waals surface area contributed by atoms with Crippen molar-refractivity contribution in [3.05, 3.63) is 29.6 Å². The van der Waals surface area contributed by atoms with Gasteiger partial charge in [-0.2, -0.15) is 0 Å². The lowest BCUT2D eigenvalue weighted by molar-refractivity contribution is -0.140. The minimum atomic E-state index is -0.122. The highest BCUT2D eigenvalue weighted by Gasteiger charge is 2.27. The summed E-state index contributed by atoms with van der Waals surface area (Å²) >= 11 is 0. The summed E-state index contributed by atoms with van der Waals surface area (Å²) in [6, 6.07) is 3.76. The molecule has 1 N–H and O–H groups in total. The number of likely N-dealkylation sites (tertiary alicyclic amines) is 2. The number of aromatic nitrogens is 1. The molecule has 4 heterocycles. The van der Waals surface area contributed by atoms with Crippen LogP contribution in [-0.4, -0.2) is 77.9 Å². The maximum atomic E-state index is 12.7. The molecule has 0 unspecified atom stereocenters. The molecular weight excluding hydrogens is 408 g/mol. The van der Waals surface area contributed by atoms with Crippen LogP contribution in [0, 0.1) is 0 Å². The van der Waals surface area contributed by atoms with Crippen LogP contribution in [0.5, 0.6) is 0 Å². The van der Waals surface area contributed by atoms with Crippen molar-refractivity contribution in [2.75, 3.05) is 39.3 Å². The molecule has 3 aliphatic rings. The molecule has 8 nitrogen and oxygen atoms in total. The van der Waals surface area contributed by atoms with E-state index in [1.165, 1.54) is 0 Å². The number of carbonyl (C=O) groups excluding carboxylic acids is 3. The third-order valence-corrected chi connectivity index (χ3v) is 6.83. The lowest BCUT2D eigenvalue weighted by atomic mass is 9.92. The van der Waals surface area contributed by atoms with Gasteiger partial charge in [0.1, 0.15) is 0 Å². The van der Waals surface area contributed by atoms with Gasteiger partial charge in [0.05, 0.1) is 18.2 Å². The summed E-state index contributed by atoms with van der Waals surface area (Å²) < 4.78 is 5.54. The number of piperidine rings is 1. The zero-order valence-corrected chi connectivity index (χ0v) is 18.8. The van der Waals surface area contributed by atoms with E-state index in [-0.39, 0.29) is 36.3 Å². The summed E-state index contributed by atoms with van der Waals surface area (Å²) in [4.78, 5) is 45.4. The van der Waals surface area contributed by atoms with Crippen LogP contribution >= 0.6 is 0 Å². The molecule has 32 heavy (non-hydrogen) atoms. The Kier molecular flexibility index (Phi) is 7.73. The van der Waals surface area contributed by atoms with Crippen LogP contribution < -0.4 is 5.32 Å². The number of hydrogen-bond donors (Lipinski definition) is 1. The summed E-state index contributed by atoms with van der Waals surface area (Å²) in [6.07, 6.45) is 9.03. The lowest BCUT2D eigenvalue weighted by Crippen LogP contribution is -2.45. The minimum absolute atomic E-state index is 0.0462. The van der Waals surface area contributed by atoms with E-state index in [9.17, 15) is 14.4 Å². The SMILES string of the molecule is O=C(NC[C@@H]1CCCO1)c1ccc(C2CCN(C(=O)CN3CCCCCC3=O)CC2)nc1. The number of hydrogen-bond acceptors (Lipinski definition) is 5. The fraction of sp³-hybridized carbons (Fsp3) is 0.667. The van der Waals surface area contributed by atoms with E-state index in [1.54, 1.807) is 11.1 Å². The highest BCUT2D eigenvalue weighted by atomic mass is 16.5. The van der Waals surface area contributed by atoms with E-state index in [2.05, 4.69) is 10.3 Å². The van der Waals surface area contributed by atoms with Gasteiger partial charge in [-0.3, -0.25) is 19.4 Å². The van der Waals surface area contributed by atoms with Crippen molar-refractivity contribution in [3.8, 4) is 0 Å². The van der Waals surface area contributed by atoms with E-state index in [4.69, 9.17) is 4.74 Å². The Morgan fingerprint density at radius 1 is 1.06 bits per heavy atom. The highest BCUT2D eigenvalue weighted by molar-refractivity contribution is 5.93. The number of nitrogens with one attached hydrogen (secondary N) is 1. The maximum absolute atomic E-state index is 12.7. The predicted octanol–water partition coefficient (Wildman–Crippen LogP) is 2.10. The Hall–Kier alpha value is -2.48. The molecule has 8 heteroatoms. The predicted molar refractivity (Wildman–Crippen MR) is 119 cm³/mol. The Balaban J connectivity index is 1.23. The standard InChI is InChI=1S/C24H34N4O4/c29-22-6-2-1-3-11-28(22)17-23(30)27-12-9-18(10-13-27)21-8-7-19(15-25-21)24(31)26-16-20-5-4-14-32-20/h7-8,15,18,20H,1-6,9-14,16-17H2,(H,26,31)/t20-/m0/s1. The Morgan fingerprint density at radius 2 is 1.91 bits per heavy atom. The highest BCUT2D eigenvalue weighted by Crippen LogP contribution is 2.27. The second-order valence-corrected chi connectivity index (χ2v) is 9.10. The number of ether oxygens (including phenoxy) is 1. The molecule has 3 saturated heterocycles. The molecule has 3 amide bonds. The van der Waals surface area contributed by atoms with Crippen LogP contribution in [-0.2, 0) is 14.3 Å². The van der Waals surface area contributed by atoms with Gasteiger partial charge in [-0.25, -0.2) is 0 Å². The number of nitrogens with zero attached hydrogens (tertiary/aromatic N) is 3. The molecular formula is C24H34N4O4. The Labute approximate surface area is 189 Å². The lowest BCUT2D eigenvalue weighted by Gasteiger charge is -2.33. The molecule has 3 aliphatic heterocycles. The molecule has 174 valence electrons. The smallest absolute Gasteiger partial charge is 0.252 e. The second kappa shape index (κ2) is 10.9. The van der Waals surface area contributed by atoms with Gasteiger partial charge in [0.15, 0.2) is 0 Å². The third kappa shape index (κ3) is 5.85. The number of pyridine rings is 1. The van der Waals surface area contributed by atoms with Gasteiger partial charge in [0.25, 0.3) is 5.91 Å². The first-order valence-corrected chi connectivity index (χ1v) is 12.0. The first kappa shape index (κ1) is 22.7. The van der Waals surface area contributed by atoms with Crippen LogP contribution in [0.4, 0.5) is 0 Å². The van der Waals surface area contributed by atoms with Crippen molar-refractivity contribution < 1.29 is 19.1 Å². The molecule has 0 aromatic carbocycles. The summed E-state index contributed by atoms with van der Waals surface area (Å²) in [5.74, 6) is 0.311. The molecule has 0 bridgehead atoms. The normalized spacial score (nSPS) is 22.6. The average Bonchev–Trinajstić information content (AvgIpc) is 3.27. The quantitative estimate of drug-likeness (QED) is 0.729. The fourth-order valence-corrected chi connectivity index (χ4v) is 4.79. The number of amides is 3. The first-order valence-electron chi connectivity index (χ1n) is 12.0. The van der Waals surface area contributed by atoms with Crippen molar-refractivity contribution in [1.82, 2.24) is 20.1 Å². The van der Waals surface area contributed by atoms with Gasteiger partial charge in [0, 0.05) is 57.0 Å². The van der Waals surface area contributed by atoms with Crippen molar-refractivity contribution in [1.29, 1.82) is 0 Å². The largest absolute Gasteiger partial charge is 0.376 e. The molecule has 4 rings (SSSR count). The molecule has 3 fully saturated rings. The van der Waals surface area contributed by atoms with Crippen molar-refractivity contribution >= 4 is 17.7 Å². The van der Waals surface area contributed by atoms with E-state index in [1.807, 2.05) is 17.0 Å². The van der Waals surface area contributed by atoms with E-state index in [0.29, 0.717) is 38.2 Å². The number of carbonyl (C=O) groups is 3. The van der Waals surface area contributed by atoms with Gasteiger partial charge in [-0.1, -0.05) is 6.42 Å². The molecule has 1 aromatic rings. The van der Waals surface area contributed by atoms with Gasteiger partial charge in [-0.15, -0.1) is 0 Å². The average molecular weight is 443 g/mol. The summed E-state index contributed by atoms with van der Waals surface area (Å²) in [7, 11) is 0. The van der Waals surface area contributed by atoms with Gasteiger partial charge in [0.2, 0.25) is 11.8 Å². The molecule has 1 aromatic heterocycles. The molecule has 0 aliphatic carbocycles. The summed E-state index contributed by atoms with van der Waals surface area (Å²) in [5.41, 5.74) is 1.52. The van der Waals surface area contributed by atoms with Gasteiger partial charge < -0.3 is 19.9 Å². The summed E-state index contributed by atoms with van der Waals surface area (Å²) in [6.45, 7) is 3.57. The van der Waals surface area contributed by atoms with Crippen LogP contribution in [0.15, 0.2) is 18.3 Å². The number of rotatable bonds is 6. The van der Waals surface area contributed by atoms with Crippen LogP contribution in [0.1, 0.15) is 73.3 Å². The Bertz CT molecular complexity index is 799. The minimum Gasteiger partial charge on any atom is -0.376 e. The third-order valence-electron chi connectivity index (χ3n) is 6.83. The van der Waals surface area contributed by atoms with E-state index < -0.39 is 0 Å². The summed E-state index contributed by atoms with van der Waals surface area (Å²) in [5, 5.41) is 2.92. The monoisotopic (exact) mass is 442 g/mol. The maximum Gasteiger partial charge on any atom is 0.252 e. The van der Waals surface area contributed by atoms with Crippen molar-refractivity contribution in [2.24, 2.45) is 0 Å². The van der Waals surface area contributed by atoms with Crippen LogP contribution in [0.3, 0.4) is 0 Å². The Morgan fingerprint density at radius 3 is 2.62 bits per heavy atom. The van der Waals surface area contributed by atoms with E-state index in [0.717, 1.165) is 57.2 Å². The molecule has 1 atom stereocenters. The van der Waals surface area contributed by atoms with Crippen LogP contribution in [0.25, 0.3) is 0 Å². The van der Waals surface area contributed by atoms with E-state index >= 15 is 0 Å². The molecule has 0 spiro atoms. The topological polar surface area (TPSA) is 91.8 Å². The second-order valence-electron chi connectivity index (χ2n) is 9.10. The van der Waals surface area contributed by atoms with Gasteiger partial charge in [-0.05, 0) is 50.7 Å². The van der Waals surface area contributed by atoms with Crippen molar-refractivity contribution in [2.45, 2.75) is 63.4 Å². The first-order chi connectivity index (χ1) is 15.6. The molecule has 0 saturated carbocycles. The van der Waals surface area contributed by atoms with Gasteiger partial charge >= 0.3 is 0 Å². The molecule has 0 radical (unpaired) electrons. The zero-order chi connectivity index (χ0) is 22.3. The fourth-order valence-electron chi connectivity index (χ4n) is 4.79.